The highest BCUT2D eigenvalue weighted by atomic mass is 16.3. The Balaban J connectivity index is 0.000000821. The van der Waals surface area contributed by atoms with Gasteiger partial charge in [-0.25, -0.2) is 0 Å². The van der Waals surface area contributed by atoms with Crippen LogP contribution in [0.1, 0.15) is 51.9 Å². The molecular weight excluding hydrogens is 414 g/mol. The molecule has 4 N–H and O–H groups in total. The van der Waals surface area contributed by atoms with Gasteiger partial charge >= 0.3 is 0 Å². The number of aromatic nitrogens is 1. The van der Waals surface area contributed by atoms with Crippen molar-refractivity contribution < 1.29 is 15.0 Å². The summed E-state index contributed by atoms with van der Waals surface area (Å²) in [5, 5.41) is 27.0. The van der Waals surface area contributed by atoms with E-state index in [9.17, 15) is 15.0 Å². The van der Waals surface area contributed by atoms with E-state index in [1.54, 1.807) is 18.5 Å². The summed E-state index contributed by atoms with van der Waals surface area (Å²) in [5.41, 5.74) is 4.81. The van der Waals surface area contributed by atoms with E-state index >= 15 is 0 Å². The number of carbonyl (C=O) groups excluding carboxylic acids is 1. The molecule has 0 spiro atoms. The van der Waals surface area contributed by atoms with Crippen LogP contribution in [0.2, 0.25) is 0 Å². The van der Waals surface area contributed by atoms with Crippen LogP contribution in [0.25, 0.3) is 0 Å². The zero-order valence-electron chi connectivity index (χ0n) is 20.0. The van der Waals surface area contributed by atoms with Gasteiger partial charge in [-0.2, -0.15) is 0 Å². The van der Waals surface area contributed by atoms with E-state index in [0.717, 1.165) is 49.7 Å². The minimum Gasteiger partial charge on any atom is -0.393 e. The fourth-order valence-electron chi connectivity index (χ4n) is 6.27. The van der Waals surface area contributed by atoms with Crippen LogP contribution in [-0.4, -0.2) is 47.4 Å². The normalized spacial score (nSPS) is 32.8. The van der Waals surface area contributed by atoms with E-state index in [0.29, 0.717) is 18.0 Å². The molecule has 0 radical (unpaired) electrons. The zero-order valence-corrected chi connectivity index (χ0v) is 20.0. The Kier molecular flexibility index (Phi) is 7.17. The lowest BCUT2D eigenvalue weighted by Crippen LogP contribution is -2.40. The molecule has 178 valence electrons. The Morgan fingerprint density at radius 2 is 2.00 bits per heavy atom. The average Bonchev–Trinajstić information content (AvgIpc) is 3.00. The van der Waals surface area contributed by atoms with E-state index in [1.165, 1.54) is 11.1 Å². The molecule has 1 aromatic rings. The third kappa shape index (κ3) is 4.70. The molecule has 6 heteroatoms. The lowest BCUT2D eigenvalue weighted by atomic mass is 9.62. The Hall–Kier alpha value is -2.28. The van der Waals surface area contributed by atoms with Gasteiger partial charge in [0.2, 0.25) is 0 Å². The van der Waals surface area contributed by atoms with E-state index in [-0.39, 0.29) is 23.3 Å². The fraction of sp³-hybridized carbons (Fsp3) is 0.556. The van der Waals surface area contributed by atoms with Gasteiger partial charge in [-0.1, -0.05) is 30.2 Å². The number of rotatable bonds is 2. The third-order valence-electron chi connectivity index (χ3n) is 7.82. The zero-order chi connectivity index (χ0) is 23.6. The molecule has 0 saturated heterocycles. The van der Waals surface area contributed by atoms with Gasteiger partial charge in [0, 0.05) is 17.2 Å². The molecule has 6 nitrogen and oxygen atoms in total. The van der Waals surface area contributed by atoms with Gasteiger partial charge in [0.1, 0.15) is 0 Å². The lowest BCUT2D eigenvalue weighted by Gasteiger charge is -2.43. The molecule has 5 rings (SSSR count). The maximum atomic E-state index is 13.1. The molecule has 1 amide bonds. The molecule has 5 atom stereocenters. The first-order chi connectivity index (χ1) is 15.9. The number of amides is 1. The molecule has 1 aromatic heterocycles. The number of allylic oxidation sites excluding steroid dienone is 2. The van der Waals surface area contributed by atoms with Gasteiger partial charge in [-0.3, -0.25) is 9.78 Å². The molecule has 5 unspecified atom stereocenters. The van der Waals surface area contributed by atoms with Crippen molar-refractivity contribution in [2.75, 3.05) is 19.4 Å². The van der Waals surface area contributed by atoms with Crippen molar-refractivity contribution in [1.29, 1.82) is 0 Å². The Labute approximate surface area is 196 Å². The van der Waals surface area contributed by atoms with Crippen LogP contribution in [-0.2, 0) is 4.79 Å². The first-order valence-corrected chi connectivity index (χ1v) is 12.2. The third-order valence-corrected chi connectivity index (χ3v) is 7.82. The molecule has 1 saturated carbocycles. The van der Waals surface area contributed by atoms with Crippen molar-refractivity contribution in [3.8, 4) is 0 Å². The van der Waals surface area contributed by atoms with Crippen LogP contribution in [0.15, 0.2) is 59.0 Å². The van der Waals surface area contributed by atoms with Crippen LogP contribution in [0.4, 0.5) is 5.69 Å². The highest BCUT2D eigenvalue weighted by Crippen LogP contribution is 2.57. The Bertz CT molecular complexity index is 968. The summed E-state index contributed by atoms with van der Waals surface area (Å²) in [4.78, 5) is 17.2. The van der Waals surface area contributed by atoms with Crippen molar-refractivity contribution in [2.45, 2.75) is 64.1 Å². The van der Waals surface area contributed by atoms with Gasteiger partial charge in [0.15, 0.2) is 0 Å². The molecule has 4 aliphatic carbocycles. The molecule has 0 aromatic carbocycles. The first kappa shape index (κ1) is 23.9. The second-order valence-corrected chi connectivity index (χ2v) is 10.1. The summed E-state index contributed by atoms with van der Waals surface area (Å²) in [7, 11) is 3.75. The van der Waals surface area contributed by atoms with Gasteiger partial charge in [-0.15, -0.1) is 0 Å². The van der Waals surface area contributed by atoms with Gasteiger partial charge in [0.25, 0.3) is 5.91 Å². The predicted octanol–water partition coefficient (Wildman–Crippen LogP) is 3.75. The average molecular weight is 452 g/mol. The van der Waals surface area contributed by atoms with Crippen LogP contribution >= 0.6 is 0 Å². The van der Waals surface area contributed by atoms with Crippen molar-refractivity contribution in [1.82, 2.24) is 10.3 Å². The smallest absolute Gasteiger partial charge is 0.251 e. The number of pyridine rings is 1. The number of hydrogen-bond donors (Lipinski definition) is 4. The largest absolute Gasteiger partial charge is 0.393 e. The van der Waals surface area contributed by atoms with E-state index < -0.39 is 6.10 Å². The van der Waals surface area contributed by atoms with Crippen LogP contribution in [0.3, 0.4) is 0 Å². The number of nitrogens with zero attached hydrogens (tertiary/aromatic N) is 1. The summed E-state index contributed by atoms with van der Waals surface area (Å²) < 4.78 is 0. The Morgan fingerprint density at radius 3 is 2.73 bits per heavy atom. The maximum absolute atomic E-state index is 13.1. The van der Waals surface area contributed by atoms with Gasteiger partial charge < -0.3 is 20.8 Å². The molecule has 0 aliphatic heterocycles. The van der Waals surface area contributed by atoms with Gasteiger partial charge in [-0.05, 0) is 88.6 Å². The predicted molar refractivity (Wildman–Crippen MR) is 130 cm³/mol. The number of fused-ring (bicyclic) bond motifs is 3. The van der Waals surface area contributed by atoms with Crippen molar-refractivity contribution in [2.24, 2.45) is 17.3 Å². The molecular formula is C27H37N3O3. The number of aliphatic hydroxyl groups is 2. The number of nitrogens with one attached hydrogen (secondary N) is 2. The topological polar surface area (TPSA) is 94.5 Å². The maximum Gasteiger partial charge on any atom is 0.251 e. The van der Waals surface area contributed by atoms with Crippen molar-refractivity contribution in [3.63, 3.8) is 0 Å². The molecule has 4 aliphatic rings. The summed E-state index contributed by atoms with van der Waals surface area (Å²) in [5.74, 6) is 0.681. The highest BCUT2D eigenvalue weighted by molar-refractivity contribution is 6.05. The number of carbonyl (C=O) groups is 1. The molecule has 33 heavy (non-hydrogen) atoms. The molecule has 1 heterocycles. The highest BCUT2D eigenvalue weighted by Gasteiger charge is 2.51. The second-order valence-electron chi connectivity index (χ2n) is 10.1. The molecule has 0 bridgehead atoms. The van der Waals surface area contributed by atoms with Crippen LogP contribution < -0.4 is 10.6 Å². The lowest BCUT2D eigenvalue weighted by molar-refractivity contribution is -0.114. The van der Waals surface area contributed by atoms with Crippen molar-refractivity contribution >= 4 is 11.6 Å². The van der Waals surface area contributed by atoms with Crippen LogP contribution in [0.5, 0.6) is 0 Å². The number of hydrogen-bond acceptors (Lipinski definition) is 5. The molecule has 1 fully saturated rings. The monoisotopic (exact) mass is 451 g/mol. The van der Waals surface area contributed by atoms with E-state index in [2.05, 4.69) is 34.7 Å². The minimum atomic E-state index is -0.570. The van der Waals surface area contributed by atoms with Crippen LogP contribution in [0, 0.1) is 17.3 Å². The number of anilines is 1. The standard InChI is InChI=1S/C25H30N2O3.C2H7N/c1-25-13-23(29)20-12-16-11-18(28)6-4-15(16)5-7-19(20)21(25)8-9-22(25)24(30)27-17-3-2-10-26-14-17;1-3-2/h2-3,9-10,12,14-15,18,21,23,28-29H,4-8,11,13H2,1H3,(H,27,30);3H,1-2H3. The van der Waals surface area contributed by atoms with E-state index in [1.807, 2.05) is 20.2 Å². The fourth-order valence-corrected chi connectivity index (χ4v) is 6.27. The summed E-state index contributed by atoms with van der Waals surface area (Å²) in [6, 6.07) is 3.64. The quantitative estimate of drug-likeness (QED) is 0.549. The SMILES string of the molecule is CC12CC(O)C3=C(CCC4CCC(O)CC4=C3)C1CC=C2C(=O)Nc1cccnc1.CNC. The van der Waals surface area contributed by atoms with Gasteiger partial charge in [0.05, 0.1) is 24.1 Å². The second kappa shape index (κ2) is 9.92. The Morgan fingerprint density at radius 1 is 1.21 bits per heavy atom. The first-order valence-electron chi connectivity index (χ1n) is 12.2. The number of aliphatic hydroxyl groups excluding tert-OH is 2. The summed E-state index contributed by atoms with van der Waals surface area (Å²) in [6.45, 7) is 2.14. The summed E-state index contributed by atoms with van der Waals surface area (Å²) in [6.07, 6.45) is 12.9. The van der Waals surface area contributed by atoms with Crippen molar-refractivity contribution in [3.05, 3.63) is 59.0 Å². The summed E-state index contributed by atoms with van der Waals surface area (Å²) >= 11 is 0. The van der Waals surface area contributed by atoms with E-state index in [4.69, 9.17) is 0 Å². The minimum absolute atomic E-state index is 0.0898.